The molecule has 7 heteroatoms. The van der Waals surface area contributed by atoms with Crippen LogP contribution in [0.25, 0.3) is 11.0 Å². The van der Waals surface area contributed by atoms with Crippen LogP contribution in [0.4, 0.5) is 5.69 Å². The highest BCUT2D eigenvalue weighted by Crippen LogP contribution is 2.43. The number of aliphatic hydroxyl groups is 1. The van der Waals surface area contributed by atoms with Gasteiger partial charge < -0.3 is 9.52 Å². The molecule has 0 radical (unpaired) electrons. The molecule has 1 aliphatic rings. The molecule has 0 saturated carbocycles. The van der Waals surface area contributed by atoms with Gasteiger partial charge in [0.15, 0.2) is 11.5 Å². The zero-order valence-corrected chi connectivity index (χ0v) is 18.6. The minimum atomic E-state index is -0.841. The van der Waals surface area contributed by atoms with E-state index in [0.29, 0.717) is 27.2 Å². The number of benzene rings is 2. The zero-order chi connectivity index (χ0) is 23.3. The third-order valence-corrected chi connectivity index (χ3v) is 6.02. The number of aromatic nitrogens is 1. The van der Waals surface area contributed by atoms with E-state index in [0.717, 1.165) is 11.1 Å². The Hall–Kier alpha value is -3.90. The Morgan fingerprint density at radius 3 is 2.55 bits per heavy atom. The number of hydrogen-bond acceptors (Lipinski definition) is 5. The monoisotopic (exact) mass is 458 g/mol. The van der Waals surface area contributed by atoms with Crippen LogP contribution >= 0.6 is 11.6 Å². The maximum absolute atomic E-state index is 13.6. The van der Waals surface area contributed by atoms with Gasteiger partial charge in [0.25, 0.3) is 5.91 Å². The van der Waals surface area contributed by atoms with E-state index in [1.807, 2.05) is 32.0 Å². The summed E-state index contributed by atoms with van der Waals surface area (Å²) in [5, 5.41) is 12.1. The van der Waals surface area contributed by atoms with Crippen LogP contribution in [0, 0.1) is 13.8 Å². The number of halogens is 1. The number of aryl methyl sites for hydroxylation is 2. The van der Waals surface area contributed by atoms with E-state index in [9.17, 15) is 14.7 Å². The van der Waals surface area contributed by atoms with Gasteiger partial charge in [-0.3, -0.25) is 19.5 Å². The van der Waals surface area contributed by atoms with Gasteiger partial charge in [0.2, 0.25) is 5.78 Å². The maximum Gasteiger partial charge on any atom is 0.294 e. The number of Topliss-reactive ketones (excluding diaryl/α,β-unsaturated/α-hetero) is 1. The van der Waals surface area contributed by atoms with Gasteiger partial charge in [-0.05, 0) is 67.4 Å². The van der Waals surface area contributed by atoms with Crippen LogP contribution in [-0.4, -0.2) is 21.8 Å². The number of anilines is 1. The number of carbonyl (C=O) groups excluding carboxylic acids is 2. The maximum atomic E-state index is 13.6. The number of hydrogen-bond donors (Lipinski definition) is 1. The van der Waals surface area contributed by atoms with Gasteiger partial charge in [-0.15, -0.1) is 0 Å². The third-order valence-electron chi connectivity index (χ3n) is 5.79. The van der Waals surface area contributed by atoms with Gasteiger partial charge in [-0.2, -0.15) is 0 Å². The van der Waals surface area contributed by atoms with Gasteiger partial charge in [0.1, 0.15) is 5.58 Å². The zero-order valence-electron chi connectivity index (χ0n) is 17.9. The lowest BCUT2D eigenvalue weighted by Crippen LogP contribution is -2.31. The van der Waals surface area contributed by atoms with Crippen molar-refractivity contribution in [3.63, 3.8) is 0 Å². The van der Waals surface area contributed by atoms with Crippen molar-refractivity contribution >= 4 is 39.9 Å². The van der Waals surface area contributed by atoms with E-state index in [1.165, 1.54) is 4.90 Å². The highest BCUT2D eigenvalue weighted by Gasteiger charge is 2.45. The molecule has 6 nitrogen and oxygen atoms in total. The molecular formula is C26H19ClN2O4. The fourth-order valence-corrected chi connectivity index (χ4v) is 4.46. The summed E-state index contributed by atoms with van der Waals surface area (Å²) >= 11 is 6.06. The number of nitrogens with zero attached hydrogens (tertiary/aromatic N) is 2. The summed E-state index contributed by atoms with van der Waals surface area (Å²) in [5.41, 5.74) is 3.58. The molecule has 0 aliphatic carbocycles. The topological polar surface area (TPSA) is 83.6 Å². The number of furan rings is 1. The lowest BCUT2D eigenvalue weighted by Gasteiger charge is -2.28. The number of pyridine rings is 1. The first-order chi connectivity index (χ1) is 15.8. The molecule has 1 N–H and O–H groups in total. The molecule has 5 rings (SSSR count). The predicted octanol–water partition coefficient (Wildman–Crippen LogP) is 5.88. The van der Waals surface area contributed by atoms with Crippen molar-refractivity contribution in [1.29, 1.82) is 0 Å². The van der Waals surface area contributed by atoms with Gasteiger partial charge in [-0.25, -0.2) is 0 Å². The first-order valence-corrected chi connectivity index (χ1v) is 10.7. The van der Waals surface area contributed by atoms with Gasteiger partial charge in [-0.1, -0.05) is 29.3 Å². The molecule has 1 aliphatic heterocycles. The van der Waals surface area contributed by atoms with Crippen LogP contribution in [0.5, 0.6) is 0 Å². The van der Waals surface area contributed by atoms with E-state index in [1.54, 1.807) is 48.8 Å². The fraction of sp³-hybridized carbons (Fsp3) is 0.115. The quantitative estimate of drug-likeness (QED) is 0.386. The molecule has 164 valence electrons. The number of ketones is 1. The number of carbonyl (C=O) groups is 2. The fourth-order valence-electron chi connectivity index (χ4n) is 4.28. The summed E-state index contributed by atoms with van der Waals surface area (Å²) < 4.78 is 5.75. The molecule has 0 saturated heterocycles. The molecule has 4 aromatic rings. The summed E-state index contributed by atoms with van der Waals surface area (Å²) in [5.74, 6) is -1.79. The summed E-state index contributed by atoms with van der Waals surface area (Å²) in [7, 11) is 0. The van der Waals surface area contributed by atoms with E-state index in [2.05, 4.69) is 4.98 Å². The Morgan fingerprint density at radius 2 is 1.82 bits per heavy atom. The lowest BCUT2D eigenvalue weighted by atomic mass is 9.95. The smallest absolute Gasteiger partial charge is 0.294 e. The van der Waals surface area contributed by atoms with Crippen LogP contribution in [-0.2, 0) is 4.79 Å². The Balaban J connectivity index is 1.67. The van der Waals surface area contributed by atoms with Crippen LogP contribution in [0.15, 0.2) is 82.7 Å². The second-order valence-electron chi connectivity index (χ2n) is 8.03. The molecule has 3 heterocycles. The van der Waals surface area contributed by atoms with E-state index < -0.39 is 23.5 Å². The second-order valence-corrected chi connectivity index (χ2v) is 8.47. The average Bonchev–Trinajstić information content (AvgIpc) is 3.33. The SMILES string of the molecule is Cc1ccc(N2C(=O)C(O)=C(C(=O)c3cc4cc(Cl)ccc4o3)C2c2ccncc2)c(C)c1. The number of amides is 1. The summed E-state index contributed by atoms with van der Waals surface area (Å²) in [6.07, 6.45) is 3.17. The predicted molar refractivity (Wildman–Crippen MR) is 126 cm³/mol. The third kappa shape index (κ3) is 3.49. The molecule has 1 amide bonds. The normalized spacial score (nSPS) is 16.2. The number of fused-ring (bicyclic) bond motifs is 1. The van der Waals surface area contributed by atoms with E-state index in [-0.39, 0.29) is 11.3 Å². The Bertz CT molecular complexity index is 1460. The second kappa shape index (κ2) is 7.90. The molecule has 0 fully saturated rings. The Kier molecular flexibility index (Phi) is 5.02. The molecule has 1 atom stereocenters. The van der Waals surface area contributed by atoms with Crippen molar-refractivity contribution in [1.82, 2.24) is 4.98 Å². The number of rotatable bonds is 4. The van der Waals surface area contributed by atoms with Gasteiger partial charge in [0, 0.05) is 28.5 Å². The molecule has 2 aromatic heterocycles. The van der Waals surface area contributed by atoms with E-state index >= 15 is 0 Å². The van der Waals surface area contributed by atoms with E-state index in [4.69, 9.17) is 16.0 Å². The van der Waals surface area contributed by atoms with Crippen molar-refractivity contribution in [2.75, 3.05) is 4.90 Å². The van der Waals surface area contributed by atoms with Gasteiger partial charge >= 0.3 is 0 Å². The highest BCUT2D eigenvalue weighted by atomic mass is 35.5. The first-order valence-electron chi connectivity index (χ1n) is 10.3. The minimum Gasteiger partial charge on any atom is -0.503 e. The van der Waals surface area contributed by atoms with Gasteiger partial charge in [0.05, 0.1) is 11.6 Å². The van der Waals surface area contributed by atoms with Crippen LogP contribution in [0.3, 0.4) is 0 Å². The van der Waals surface area contributed by atoms with Crippen LogP contribution in [0.1, 0.15) is 33.3 Å². The summed E-state index contributed by atoms with van der Waals surface area (Å²) in [6, 6.07) is 14.9. The number of aliphatic hydroxyl groups excluding tert-OH is 1. The van der Waals surface area contributed by atoms with Crippen molar-refractivity contribution in [2.24, 2.45) is 0 Å². The van der Waals surface area contributed by atoms with Crippen LogP contribution in [0.2, 0.25) is 5.02 Å². The Morgan fingerprint density at radius 1 is 1.06 bits per heavy atom. The van der Waals surface area contributed by atoms with Crippen molar-refractivity contribution < 1.29 is 19.1 Å². The first kappa shape index (κ1) is 21.0. The largest absolute Gasteiger partial charge is 0.503 e. The van der Waals surface area contributed by atoms with Crippen LogP contribution < -0.4 is 4.90 Å². The Labute approximate surface area is 194 Å². The molecule has 1 unspecified atom stereocenters. The molecule has 2 aromatic carbocycles. The molecule has 0 bridgehead atoms. The van der Waals surface area contributed by atoms with Crippen molar-refractivity contribution in [3.8, 4) is 0 Å². The lowest BCUT2D eigenvalue weighted by molar-refractivity contribution is -0.117. The minimum absolute atomic E-state index is 0.0168. The van der Waals surface area contributed by atoms with Crippen molar-refractivity contribution in [2.45, 2.75) is 19.9 Å². The molecule has 0 spiro atoms. The highest BCUT2D eigenvalue weighted by molar-refractivity contribution is 6.31. The standard InChI is InChI=1S/C26H19ClN2O4/c1-14-3-5-19(15(2)11-14)29-23(16-7-9-28-10-8-16)22(25(31)26(29)32)24(30)21-13-17-12-18(27)4-6-20(17)33-21/h3-13,23,31H,1-2H3. The molecule has 33 heavy (non-hydrogen) atoms. The summed E-state index contributed by atoms with van der Waals surface area (Å²) in [4.78, 5) is 32.4. The molecular weight excluding hydrogens is 440 g/mol. The van der Waals surface area contributed by atoms with Crippen molar-refractivity contribution in [3.05, 3.63) is 106 Å². The average molecular weight is 459 g/mol. The summed E-state index contributed by atoms with van der Waals surface area (Å²) in [6.45, 7) is 3.85.